The molecule has 6 aromatic rings. The standard InChI is InChI=1S/C51H49BN2Si/c1-33-25-43-47-44(26-33)54(51-30-34-27-35(31-51)29-36(28-34)32-51)42-18-12-20-46-49(42)52(47)48-41(53(43)38-23-21-37(22-24-38)50(2,3)4)17-11-19-45(48)55(46,39-13-7-5-8-14-39)40-15-9-6-10-16-40/h5-26,34-36H,27-32H2,1-4H3. The van der Waals surface area contributed by atoms with Gasteiger partial charge in [0.25, 0.3) is 6.71 Å². The lowest BCUT2D eigenvalue weighted by Crippen LogP contribution is -2.88. The average molecular weight is 729 g/mol. The van der Waals surface area contributed by atoms with Crippen LogP contribution in [0.25, 0.3) is 0 Å². The molecular formula is C51H49BN2Si. The molecule has 4 heteroatoms. The first-order valence-electron chi connectivity index (χ1n) is 21.0. The summed E-state index contributed by atoms with van der Waals surface area (Å²) in [4.78, 5) is 5.67. The minimum Gasteiger partial charge on any atom is -0.336 e. The van der Waals surface area contributed by atoms with E-state index in [1.165, 1.54) is 99.4 Å². The minimum absolute atomic E-state index is 0.0922. The van der Waals surface area contributed by atoms with Gasteiger partial charge in [-0.25, -0.2) is 0 Å². The average Bonchev–Trinajstić information content (AvgIpc) is 3.18. The van der Waals surface area contributed by atoms with Gasteiger partial charge in [0.1, 0.15) is 0 Å². The summed E-state index contributed by atoms with van der Waals surface area (Å²) >= 11 is 0. The molecule has 6 aromatic carbocycles. The van der Waals surface area contributed by atoms with Crippen LogP contribution < -0.4 is 46.9 Å². The number of aryl methyl sites for hydroxylation is 1. The van der Waals surface area contributed by atoms with Gasteiger partial charge in [0.05, 0.1) is 0 Å². The molecule has 4 saturated carbocycles. The van der Waals surface area contributed by atoms with Gasteiger partial charge < -0.3 is 9.80 Å². The van der Waals surface area contributed by atoms with Crippen LogP contribution in [0.15, 0.2) is 133 Å². The topological polar surface area (TPSA) is 6.48 Å². The van der Waals surface area contributed by atoms with E-state index < -0.39 is 8.07 Å². The van der Waals surface area contributed by atoms with E-state index in [-0.39, 0.29) is 17.7 Å². The minimum atomic E-state index is -2.80. The highest BCUT2D eigenvalue weighted by Crippen LogP contribution is 2.60. The molecular weight excluding hydrogens is 679 g/mol. The predicted octanol–water partition coefficient (Wildman–Crippen LogP) is 7.70. The van der Waals surface area contributed by atoms with Gasteiger partial charge in [-0.3, -0.25) is 0 Å². The second-order valence-electron chi connectivity index (χ2n) is 19.2. The van der Waals surface area contributed by atoms with Crippen molar-refractivity contribution in [1.29, 1.82) is 0 Å². The molecule has 0 atom stereocenters. The van der Waals surface area contributed by atoms with Crippen LogP contribution in [0.3, 0.4) is 0 Å². The molecule has 4 aliphatic carbocycles. The summed E-state index contributed by atoms with van der Waals surface area (Å²) in [6, 6.07) is 52.9. The zero-order valence-corrected chi connectivity index (χ0v) is 33.6. The first-order valence-corrected chi connectivity index (χ1v) is 23.0. The summed E-state index contributed by atoms with van der Waals surface area (Å²) in [5.74, 6) is 2.57. The SMILES string of the molecule is Cc1cc2c3c(c1)N(C14CC5CC(CC(C5)C1)C4)c1cccc4c1B3c1c(cccc1[Si]4(c1ccccc1)c1ccccc1)N2c1ccc(C(C)(C)C)cc1. The van der Waals surface area contributed by atoms with Gasteiger partial charge in [-0.2, -0.15) is 0 Å². The third-order valence-electron chi connectivity index (χ3n) is 15.0. The lowest BCUT2D eigenvalue weighted by Gasteiger charge is -2.63. The quantitative estimate of drug-likeness (QED) is 0.172. The zero-order chi connectivity index (χ0) is 36.8. The highest BCUT2D eigenvalue weighted by Gasteiger charge is 2.60. The molecule has 0 radical (unpaired) electrons. The molecule has 0 spiro atoms. The van der Waals surface area contributed by atoms with E-state index in [1.54, 1.807) is 15.8 Å². The fourth-order valence-electron chi connectivity index (χ4n) is 13.4. The third kappa shape index (κ3) is 4.27. The monoisotopic (exact) mass is 728 g/mol. The van der Waals surface area contributed by atoms with Crippen molar-refractivity contribution in [3.05, 3.63) is 145 Å². The van der Waals surface area contributed by atoms with E-state index in [4.69, 9.17) is 0 Å². The van der Waals surface area contributed by atoms with Gasteiger partial charge in [0, 0.05) is 34.0 Å². The Bertz CT molecular complexity index is 2460. The Kier molecular flexibility index (Phi) is 6.58. The maximum absolute atomic E-state index is 3.01. The Hall–Kier alpha value is -4.80. The summed E-state index contributed by atoms with van der Waals surface area (Å²) in [6.07, 6.45) is 8.33. The van der Waals surface area contributed by atoms with Crippen LogP contribution in [0, 0.1) is 24.7 Å². The van der Waals surface area contributed by atoms with E-state index in [0.717, 1.165) is 17.8 Å². The smallest absolute Gasteiger partial charge is 0.251 e. The Morgan fingerprint density at radius 3 is 1.65 bits per heavy atom. The Labute approximate surface area is 328 Å². The lowest BCUT2D eigenvalue weighted by atomic mass is 9.33. The van der Waals surface area contributed by atoms with Crippen LogP contribution in [0.2, 0.25) is 0 Å². The molecule has 4 bridgehead atoms. The number of hydrogen-bond donors (Lipinski definition) is 0. The first kappa shape index (κ1) is 32.4. The van der Waals surface area contributed by atoms with E-state index >= 15 is 0 Å². The van der Waals surface area contributed by atoms with Gasteiger partial charge in [-0.05, 0) is 153 Å². The first-order chi connectivity index (χ1) is 26.7. The van der Waals surface area contributed by atoms with Gasteiger partial charge in [0.2, 0.25) is 0 Å². The summed E-state index contributed by atoms with van der Waals surface area (Å²) in [6.45, 7) is 9.50. The fourth-order valence-corrected chi connectivity index (χ4v) is 18.7. The number of nitrogens with zero attached hydrogens (tertiary/aromatic N) is 2. The van der Waals surface area contributed by atoms with Crippen LogP contribution in [-0.2, 0) is 5.41 Å². The van der Waals surface area contributed by atoms with Crippen molar-refractivity contribution in [1.82, 2.24) is 0 Å². The summed E-state index contributed by atoms with van der Waals surface area (Å²) < 4.78 is 0. The van der Waals surface area contributed by atoms with Crippen molar-refractivity contribution in [2.75, 3.05) is 9.80 Å². The zero-order valence-electron chi connectivity index (χ0n) is 32.6. The van der Waals surface area contributed by atoms with Gasteiger partial charge >= 0.3 is 0 Å². The van der Waals surface area contributed by atoms with E-state index in [0.29, 0.717) is 0 Å². The largest absolute Gasteiger partial charge is 0.336 e. The molecule has 3 heterocycles. The molecule has 0 N–H and O–H groups in total. The number of rotatable bonds is 4. The van der Waals surface area contributed by atoms with E-state index in [1.807, 2.05) is 0 Å². The van der Waals surface area contributed by atoms with Crippen molar-refractivity contribution in [3.8, 4) is 0 Å². The summed E-state index contributed by atoms with van der Waals surface area (Å²) in [7, 11) is -2.80. The molecule has 0 saturated heterocycles. The highest BCUT2D eigenvalue weighted by molar-refractivity contribution is 7.27. The van der Waals surface area contributed by atoms with E-state index in [9.17, 15) is 0 Å². The fraction of sp³-hybridized carbons (Fsp3) is 0.294. The van der Waals surface area contributed by atoms with Crippen LogP contribution >= 0.6 is 0 Å². The Balaban J connectivity index is 1.23. The van der Waals surface area contributed by atoms with Crippen molar-refractivity contribution < 1.29 is 0 Å². The molecule has 0 amide bonds. The lowest BCUT2D eigenvalue weighted by molar-refractivity contribution is 0.000640. The Morgan fingerprint density at radius 2 is 1.09 bits per heavy atom. The molecule has 4 fully saturated rings. The molecule has 270 valence electrons. The molecule has 55 heavy (non-hydrogen) atoms. The van der Waals surface area contributed by atoms with Crippen LogP contribution in [-0.4, -0.2) is 20.3 Å². The summed E-state index contributed by atoms with van der Waals surface area (Å²) in [5, 5.41) is 6.09. The van der Waals surface area contributed by atoms with Crippen molar-refractivity contribution in [2.45, 2.75) is 77.2 Å². The van der Waals surface area contributed by atoms with Gasteiger partial charge in [-0.15, -0.1) is 0 Å². The molecule has 0 unspecified atom stereocenters. The number of benzene rings is 6. The van der Waals surface area contributed by atoms with Crippen molar-refractivity contribution in [2.24, 2.45) is 17.8 Å². The van der Waals surface area contributed by atoms with Gasteiger partial charge in [-0.1, -0.05) is 118 Å². The third-order valence-corrected chi connectivity index (χ3v) is 19.9. The molecule has 0 aromatic heterocycles. The van der Waals surface area contributed by atoms with Crippen molar-refractivity contribution >= 4 is 80.4 Å². The second-order valence-corrected chi connectivity index (χ2v) is 23.0. The van der Waals surface area contributed by atoms with Crippen molar-refractivity contribution in [3.63, 3.8) is 0 Å². The van der Waals surface area contributed by atoms with Gasteiger partial charge in [0.15, 0.2) is 8.07 Å². The van der Waals surface area contributed by atoms with Crippen LogP contribution in [0.5, 0.6) is 0 Å². The molecule has 3 aliphatic heterocycles. The normalized spacial score (nSPS) is 24.6. The summed E-state index contributed by atoms with van der Waals surface area (Å²) in [5.41, 5.74) is 14.6. The van der Waals surface area contributed by atoms with Crippen LogP contribution in [0.4, 0.5) is 28.4 Å². The molecule has 7 aliphatic rings. The van der Waals surface area contributed by atoms with E-state index in [2.05, 4.69) is 171 Å². The number of hydrogen-bond acceptors (Lipinski definition) is 2. The maximum Gasteiger partial charge on any atom is 0.251 e. The maximum atomic E-state index is 3.01. The van der Waals surface area contributed by atoms with Crippen LogP contribution in [0.1, 0.15) is 70.4 Å². The predicted molar refractivity (Wildman–Crippen MR) is 236 cm³/mol. The molecule has 13 rings (SSSR count). The Morgan fingerprint density at radius 1 is 0.564 bits per heavy atom. The highest BCUT2D eigenvalue weighted by atomic mass is 28.3. The second kappa shape index (κ2) is 11.2. The molecule has 2 nitrogen and oxygen atoms in total. The number of anilines is 5.